The molecule has 2 heterocycles. The van der Waals surface area contributed by atoms with Gasteiger partial charge in [0.1, 0.15) is 22.2 Å². The van der Waals surface area contributed by atoms with Crippen LogP contribution in [0.4, 0.5) is 4.39 Å². The van der Waals surface area contributed by atoms with E-state index in [1.807, 2.05) is 0 Å². The van der Waals surface area contributed by atoms with Crippen molar-refractivity contribution >= 4 is 35.0 Å². The molecule has 3 rings (SSSR count). The molecule has 1 atom stereocenters. The van der Waals surface area contributed by atoms with Gasteiger partial charge in [0.15, 0.2) is 5.82 Å². The van der Waals surface area contributed by atoms with Crippen LogP contribution in [0.25, 0.3) is 11.1 Å². The first kappa shape index (κ1) is 15.0. The van der Waals surface area contributed by atoms with Gasteiger partial charge in [-0.15, -0.1) is 0 Å². The van der Waals surface area contributed by atoms with Gasteiger partial charge in [-0.05, 0) is 17.7 Å². The van der Waals surface area contributed by atoms with Crippen molar-refractivity contribution in [3.8, 4) is 11.1 Å². The summed E-state index contributed by atoms with van der Waals surface area (Å²) >= 11 is 14.3. The molecular weight excluding hydrogens is 334 g/mol. The molecule has 1 fully saturated rings. The van der Waals surface area contributed by atoms with Crippen LogP contribution < -0.4 is 0 Å². The lowest BCUT2D eigenvalue weighted by molar-refractivity contribution is 0.0694. The lowest BCUT2D eigenvalue weighted by atomic mass is 10.1. The Labute approximate surface area is 135 Å². The van der Waals surface area contributed by atoms with Gasteiger partial charge in [-0.3, -0.25) is 0 Å². The van der Waals surface area contributed by atoms with Gasteiger partial charge in [-0.2, -0.15) is 11.8 Å². The molecule has 2 aromatic rings. The second-order valence-electron chi connectivity index (χ2n) is 4.48. The number of halogens is 3. The molecule has 0 aliphatic carbocycles. The van der Waals surface area contributed by atoms with E-state index in [2.05, 4.69) is 9.97 Å². The summed E-state index contributed by atoms with van der Waals surface area (Å²) < 4.78 is 18.6. The third-order valence-electron chi connectivity index (χ3n) is 3.07. The first-order chi connectivity index (χ1) is 10.1. The summed E-state index contributed by atoms with van der Waals surface area (Å²) in [5.74, 6) is 1.91. The maximum absolute atomic E-state index is 13.0. The number of thioether (sulfide) groups is 1. The molecule has 1 saturated heterocycles. The topological polar surface area (TPSA) is 35.0 Å². The number of rotatable bonds is 2. The van der Waals surface area contributed by atoms with Crippen LogP contribution in [0.1, 0.15) is 11.9 Å². The SMILES string of the molecule is Fc1ccc(-c2c(Cl)nc(C3CSCCO3)nc2Cl)cc1. The normalized spacial score (nSPS) is 18.7. The lowest BCUT2D eigenvalue weighted by Crippen LogP contribution is -2.18. The van der Waals surface area contributed by atoms with Gasteiger partial charge in [0.25, 0.3) is 0 Å². The molecule has 1 aliphatic heterocycles. The Balaban J connectivity index is 1.97. The predicted molar refractivity (Wildman–Crippen MR) is 83.5 cm³/mol. The Morgan fingerprint density at radius 2 is 1.81 bits per heavy atom. The van der Waals surface area contributed by atoms with Gasteiger partial charge in [0, 0.05) is 11.5 Å². The number of ether oxygens (including phenoxy) is 1. The van der Waals surface area contributed by atoms with Crippen molar-refractivity contribution in [3.05, 3.63) is 46.2 Å². The molecule has 0 amide bonds. The zero-order valence-electron chi connectivity index (χ0n) is 10.9. The van der Waals surface area contributed by atoms with E-state index >= 15 is 0 Å². The average molecular weight is 345 g/mol. The van der Waals surface area contributed by atoms with Gasteiger partial charge in [0.2, 0.25) is 0 Å². The van der Waals surface area contributed by atoms with Gasteiger partial charge < -0.3 is 4.74 Å². The van der Waals surface area contributed by atoms with Crippen LogP contribution in [0.3, 0.4) is 0 Å². The van der Waals surface area contributed by atoms with E-state index in [0.29, 0.717) is 23.6 Å². The van der Waals surface area contributed by atoms with Crippen molar-refractivity contribution in [2.75, 3.05) is 18.1 Å². The minimum absolute atomic E-state index is 0.194. The minimum atomic E-state index is -0.323. The van der Waals surface area contributed by atoms with E-state index in [1.165, 1.54) is 12.1 Å². The molecule has 0 N–H and O–H groups in total. The summed E-state index contributed by atoms with van der Waals surface area (Å²) in [6.45, 7) is 0.660. The van der Waals surface area contributed by atoms with Crippen LogP contribution in [0.15, 0.2) is 24.3 Å². The third-order valence-corrected chi connectivity index (χ3v) is 4.62. The number of hydrogen-bond acceptors (Lipinski definition) is 4. The predicted octanol–water partition coefficient (Wildman–Crippen LogP) is 4.39. The fraction of sp³-hybridized carbons (Fsp3) is 0.286. The summed E-state index contributed by atoms with van der Waals surface area (Å²) in [5.41, 5.74) is 1.18. The summed E-state index contributed by atoms with van der Waals surface area (Å²) in [6, 6.07) is 5.88. The zero-order valence-corrected chi connectivity index (χ0v) is 13.2. The molecule has 3 nitrogen and oxygen atoms in total. The number of hydrogen-bond donors (Lipinski definition) is 0. The molecular formula is C14H11Cl2FN2OS. The van der Waals surface area contributed by atoms with Crippen molar-refractivity contribution in [1.29, 1.82) is 0 Å². The Morgan fingerprint density at radius 1 is 1.14 bits per heavy atom. The quantitative estimate of drug-likeness (QED) is 0.756. The summed E-state index contributed by atoms with van der Waals surface area (Å²) in [5, 5.41) is 0.492. The van der Waals surface area contributed by atoms with E-state index in [1.54, 1.807) is 23.9 Å². The highest BCUT2D eigenvalue weighted by Crippen LogP contribution is 2.34. The Morgan fingerprint density at radius 3 is 2.38 bits per heavy atom. The largest absolute Gasteiger partial charge is 0.368 e. The van der Waals surface area contributed by atoms with Crippen molar-refractivity contribution < 1.29 is 9.13 Å². The molecule has 7 heteroatoms. The maximum atomic E-state index is 13.0. The number of aromatic nitrogens is 2. The van der Waals surface area contributed by atoms with Crippen molar-refractivity contribution in [1.82, 2.24) is 9.97 Å². The highest BCUT2D eigenvalue weighted by molar-refractivity contribution is 7.99. The van der Waals surface area contributed by atoms with Gasteiger partial charge in [0.05, 0.1) is 12.2 Å². The highest BCUT2D eigenvalue weighted by Gasteiger charge is 2.22. The highest BCUT2D eigenvalue weighted by atomic mass is 35.5. The third kappa shape index (κ3) is 3.31. The van der Waals surface area contributed by atoms with E-state index < -0.39 is 0 Å². The Bertz CT molecular complexity index is 625. The average Bonchev–Trinajstić information content (AvgIpc) is 2.49. The Kier molecular flexibility index (Phi) is 4.64. The van der Waals surface area contributed by atoms with Crippen molar-refractivity contribution in [2.24, 2.45) is 0 Å². The van der Waals surface area contributed by atoms with Crippen LogP contribution in [-0.4, -0.2) is 28.1 Å². The van der Waals surface area contributed by atoms with Crippen LogP contribution in [0, 0.1) is 5.82 Å². The first-order valence-electron chi connectivity index (χ1n) is 6.33. The molecule has 0 radical (unpaired) electrons. The summed E-state index contributed by atoms with van der Waals surface area (Å²) in [4.78, 5) is 8.59. The molecule has 21 heavy (non-hydrogen) atoms. The molecule has 0 saturated carbocycles. The van der Waals surface area contributed by atoms with E-state index in [4.69, 9.17) is 27.9 Å². The fourth-order valence-corrected chi connectivity index (χ4v) is 3.52. The number of nitrogens with zero attached hydrogens (tertiary/aromatic N) is 2. The van der Waals surface area contributed by atoms with Crippen LogP contribution >= 0.6 is 35.0 Å². The second-order valence-corrected chi connectivity index (χ2v) is 6.35. The molecule has 0 spiro atoms. The Hall–Kier alpha value is -0.880. The van der Waals surface area contributed by atoms with Crippen molar-refractivity contribution in [3.63, 3.8) is 0 Å². The van der Waals surface area contributed by atoms with E-state index in [-0.39, 0.29) is 22.2 Å². The lowest BCUT2D eigenvalue weighted by Gasteiger charge is -2.21. The van der Waals surface area contributed by atoms with Crippen molar-refractivity contribution in [2.45, 2.75) is 6.10 Å². The maximum Gasteiger partial charge on any atom is 0.161 e. The number of benzene rings is 1. The van der Waals surface area contributed by atoms with E-state index in [0.717, 1.165) is 11.5 Å². The monoisotopic (exact) mass is 344 g/mol. The summed E-state index contributed by atoms with van der Waals surface area (Å²) in [6.07, 6.45) is -0.194. The molecule has 1 aromatic heterocycles. The van der Waals surface area contributed by atoms with Gasteiger partial charge >= 0.3 is 0 Å². The zero-order chi connectivity index (χ0) is 14.8. The van der Waals surface area contributed by atoms with Crippen LogP contribution in [0.5, 0.6) is 0 Å². The second kappa shape index (κ2) is 6.48. The minimum Gasteiger partial charge on any atom is -0.368 e. The smallest absolute Gasteiger partial charge is 0.161 e. The molecule has 1 aromatic carbocycles. The molecule has 0 bridgehead atoms. The molecule has 110 valence electrons. The molecule has 1 aliphatic rings. The fourth-order valence-electron chi connectivity index (χ4n) is 2.06. The van der Waals surface area contributed by atoms with Crippen LogP contribution in [-0.2, 0) is 4.74 Å². The standard InChI is InChI=1S/C14H11Cl2FN2OS/c15-12-11(8-1-3-9(17)4-2-8)13(16)19-14(18-12)10-7-21-6-5-20-10/h1-4,10H,5-7H2. The first-order valence-corrected chi connectivity index (χ1v) is 8.24. The summed E-state index contributed by atoms with van der Waals surface area (Å²) in [7, 11) is 0. The van der Waals surface area contributed by atoms with E-state index in [9.17, 15) is 4.39 Å². The molecule has 1 unspecified atom stereocenters. The van der Waals surface area contributed by atoms with Gasteiger partial charge in [-0.25, -0.2) is 14.4 Å². The van der Waals surface area contributed by atoms with Gasteiger partial charge in [-0.1, -0.05) is 35.3 Å². The van der Waals surface area contributed by atoms with Crippen LogP contribution in [0.2, 0.25) is 10.3 Å².